The van der Waals surface area contributed by atoms with Gasteiger partial charge in [0.1, 0.15) is 38.0 Å². The fourth-order valence-electron chi connectivity index (χ4n) is 4.13. The standard InChI is InChI=1S/C26H31O2S.C8H4F6O3S/c1-25(2,3)27-20-17-18-24(23(19-20)28-26(4,5)6)29(21-13-9-7-10-14-21)22-15-11-8-12-16-22;9-7(10,11)4-1-2-6(18(15,16)17)5(3-4)8(12,13)14/h7-19H,1-6H3;1-3H,(H,15,16,17)/q+1;/p-1. The van der Waals surface area contributed by atoms with Crippen LogP contribution in [0.3, 0.4) is 0 Å². The second-order valence-electron chi connectivity index (χ2n) is 12.1. The van der Waals surface area contributed by atoms with Crippen molar-refractivity contribution in [2.75, 3.05) is 0 Å². The lowest BCUT2D eigenvalue weighted by molar-refractivity contribution is -0.144. The van der Waals surface area contributed by atoms with Gasteiger partial charge in [0.05, 0.1) is 16.0 Å². The van der Waals surface area contributed by atoms with E-state index in [1.165, 1.54) is 14.7 Å². The Bertz CT molecular complexity index is 1710. The Labute approximate surface area is 273 Å². The van der Waals surface area contributed by atoms with E-state index in [4.69, 9.17) is 9.47 Å². The van der Waals surface area contributed by atoms with Crippen molar-refractivity contribution in [1.82, 2.24) is 0 Å². The summed E-state index contributed by atoms with van der Waals surface area (Å²) in [5.74, 6) is 1.69. The van der Waals surface area contributed by atoms with Crippen LogP contribution >= 0.6 is 0 Å². The SMILES string of the molecule is CC(C)(C)Oc1ccc([S+](c2ccccc2)c2ccccc2)c(OC(C)(C)C)c1.O=S(=O)([O-])c1ccc(C(F)(F)F)cc1C(F)(F)F. The van der Waals surface area contributed by atoms with Gasteiger partial charge < -0.3 is 14.0 Å². The van der Waals surface area contributed by atoms with Gasteiger partial charge in [0.2, 0.25) is 4.90 Å². The molecule has 0 unspecified atom stereocenters. The molecule has 0 aliphatic carbocycles. The summed E-state index contributed by atoms with van der Waals surface area (Å²) in [7, 11) is -5.79. The lowest BCUT2D eigenvalue weighted by atomic mass is 10.1. The average Bonchev–Trinajstić information content (AvgIpc) is 2.92. The molecule has 0 N–H and O–H groups in total. The lowest BCUT2D eigenvalue weighted by Crippen LogP contribution is -2.25. The van der Waals surface area contributed by atoms with Crippen LogP contribution in [0.4, 0.5) is 26.3 Å². The molecule has 0 spiro atoms. The van der Waals surface area contributed by atoms with E-state index >= 15 is 0 Å². The normalized spacial score (nSPS) is 12.7. The summed E-state index contributed by atoms with van der Waals surface area (Å²) < 4.78 is 118. The molecule has 0 saturated carbocycles. The van der Waals surface area contributed by atoms with Crippen LogP contribution in [0.5, 0.6) is 11.5 Å². The van der Waals surface area contributed by atoms with Crippen LogP contribution in [0.25, 0.3) is 0 Å². The molecule has 0 aromatic heterocycles. The Balaban J connectivity index is 0.000000287. The van der Waals surface area contributed by atoms with E-state index in [0.717, 1.165) is 11.5 Å². The van der Waals surface area contributed by atoms with Crippen molar-refractivity contribution < 1.29 is 48.8 Å². The second-order valence-corrected chi connectivity index (χ2v) is 15.5. The van der Waals surface area contributed by atoms with E-state index in [1.54, 1.807) is 0 Å². The number of ether oxygens (including phenoxy) is 2. The zero-order valence-corrected chi connectivity index (χ0v) is 28.0. The van der Waals surface area contributed by atoms with Gasteiger partial charge in [-0.1, -0.05) is 36.4 Å². The molecule has 0 saturated heterocycles. The van der Waals surface area contributed by atoms with Gasteiger partial charge in [0.15, 0.2) is 15.5 Å². The third-order valence-corrected chi connectivity index (χ3v) is 8.97. The molecule has 47 heavy (non-hydrogen) atoms. The molecule has 0 fully saturated rings. The van der Waals surface area contributed by atoms with Gasteiger partial charge in [0, 0.05) is 12.1 Å². The highest BCUT2D eigenvalue weighted by atomic mass is 32.2. The van der Waals surface area contributed by atoms with Crippen LogP contribution in [0.1, 0.15) is 52.7 Å². The fraction of sp³-hybridized carbons (Fsp3) is 0.294. The number of benzene rings is 4. The zero-order valence-electron chi connectivity index (χ0n) is 26.4. The van der Waals surface area contributed by atoms with Gasteiger partial charge in [-0.15, -0.1) is 0 Å². The summed E-state index contributed by atoms with van der Waals surface area (Å²) >= 11 is 0. The molecular formula is C34H34F6O5S2. The van der Waals surface area contributed by atoms with Gasteiger partial charge >= 0.3 is 12.4 Å². The fourth-order valence-corrected chi connectivity index (χ4v) is 6.96. The third-order valence-electron chi connectivity index (χ3n) is 5.81. The van der Waals surface area contributed by atoms with Crippen molar-refractivity contribution in [2.24, 2.45) is 0 Å². The van der Waals surface area contributed by atoms with Crippen molar-refractivity contribution >= 4 is 21.0 Å². The van der Waals surface area contributed by atoms with Gasteiger partial charge in [0.25, 0.3) is 0 Å². The Morgan fingerprint density at radius 3 is 1.51 bits per heavy atom. The Hall–Kier alpha value is -3.68. The molecule has 4 aromatic rings. The Morgan fingerprint density at radius 1 is 0.617 bits per heavy atom. The van der Waals surface area contributed by atoms with Crippen LogP contribution in [0.15, 0.2) is 117 Å². The molecule has 0 heterocycles. The minimum atomic E-state index is -5.52. The first kappa shape index (κ1) is 37.8. The molecule has 0 atom stereocenters. The molecule has 13 heteroatoms. The van der Waals surface area contributed by atoms with Gasteiger partial charge in [-0.25, -0.2) is 8.42 Å². The second kappa shape index (κ2) is 14.2. The van der Waals surface area contributed by atoms with Crippen LogP contribution in [0.2, 0.25) is 0 Å². The van der Waals surface area contributed by atoms with Crippen molar-refractivity contribution in [1.29, 1.82) is 0 Å². The predicted molar refractivity (Wildman–Crippen MR) is 167 cm³/mol. The molecule has 254 valence electrons. The number of rotatable bonds is 6. The van der Waals surface area contributed by atoms with Crippen LogP contribution in [-0.2, 0) is 33.4 Å². The molecule has 4 rings (SSSR count). The highest BCUT2D eigenvalue weighted by molar-refractivity contribution is 7.97. The summed E-state index contributed by atoms with van der Waals surface area (Å²) in [5, 5.41) is 0. The first-order valence-electron chi connectivity index (χ1n) is 14.1. The quantitative estimate of drug-likeness (QED) is 0.114. The Morgan fingerprint density at radius 2 is 1.11 bits per heavy atom. The topological polar surface area (TPSA) is 75.7 Å². The highest BCUT2D eigenvalue weighted by Crippen LogP contribution is 2.41. The minimum Gasteiger partial charge on any atom is -0.744 e. The van der Waals surface area contributed by atoms with Crippen LogP contribution in [-0.4, -0.2) is 24.2 Å². The average molecular weight is 701 g/mol. The third kappa shape index (κ3) is 11.2. The molecule has 0 amide bonds. The summed E-state index contributed by atoms with van der Waals surface area (Å²) in [4.78, 5) is 1.96. The van der Waals surface area contributed by atoms with Crippen LogP contribution in [0, 0.1) is 0 Å². The molecule has 0 radical (unpaired) electrons. The summed E-state index contributed by atoms with van der Waals surface area (Å²) in [6, 6.07) is 27.2. The minimum absolute atomic E-state index is 0.00597. The predicted octanol–water partition coefficient (Wildman–Crippen LogP) is 9.76. The smallest absolute Gasteiger partial charge is 0.417 e. The van der Waals surface area contributed by atoms with Gasteiger partial charge in [-0.05, 0) is 90.1 Å². The summed E-state index contributed by atoms with van der Waals surface area (Å²) in [6.45, 7) is 12.4. The van der Waals surface area contributed by atoms with Crippen molar-refractivity contribution in [3.05, 3.63) is 108 Å². The molecule has 0 bridgehead atoms. The first-order valence-corrected chi connectivity index (χ1v) is 16.7. The van der Waals surface area contributed by atoms with Crippen molar-refractivity contribution in [3.8, 4) is 11.5 Å². The Kier molecular flexibility index (Phi) is 11.4. The lowest BCUT2D eigenvalue weighted by Gasteiger charge is -2.25. The molecule has 0 aliphatic heterocycles. The monoisotopic (exact) mass is 700 g/mol. The van der Waals surface area contributed by atoms with E-state index < -0.39 is 44.6 Å². The largest absolute Gasteiger partial charge is 0.744 e. The highest BCUT2D eigenvalue weighted by Gasteiger charge is 2.39. The maximum atomic E-state index is 12.4. The number of alkyl halides is 6. The van der Waals surface area contributed by atoms with Gasteiger partial charge in [-0.3, -0.25) is 0 Å². The zero-order chi connectivity index (χ0) is 35.4. The maximum absolute atomic E-state index is 12.4. The van der Waals surface area contributed by atoms with E-state index in [0.29, 0.717) is 0 Å². The summed E-state index contributed by atoms with van der Waals surface area (Å²) in [5.41, 5.74) is -4.40. The first-order chi connectivity index (χ1) is 21.5. The van der Waals surface area contributed by atoms with Crippen molar-refractivity contribution in [3.63, 3.8) is 0 Å². The van der Waals surface area contributed by atoms with E-state index in [9.17, 15) is 39.3 Å². The van der Waals surface area contributed by atoms with Crippen LogP contribution < -0.4 is 9.47 Å². The molecule has 0 aliphatic rings. The number of hydrogen-bond acceptors (Lipinski definition) is 5. The van der Waals surface area contributed by atoms with E-state index in [2.05, 4.69) is 114 Å². The number of halogens is 6. The molecule has 5 nitrogen and oxygen atoms in total. The number of hydrogen-bond donors (Lipinski definition) is 0. The van der Waals surface area contributed by atoms with E-state index in [-0.39, 0.29) is 34.2 Å². The molecule has 4 aromatic carbocycles. The van der Waals surface area contributed by atoms with Gasteiger partial charge in [-0.2, -0.15) is 26.3 Å². The maximum Gasteiger partial charge on any atom is 0.417 e. The van der Waals surface area contributed by atoms with Crippen molar-refractivity contribution in [2.45, 2.75) is 84.7 Å². The molecular weight excluding hydrogens is 666 g/mol. The summed E-state index contributed by atoms with van der Waals surface area (Å²) in [6.07, 6.45) is -10.5. The van der Waals surface area contributed by atoms with E-state index in [1.807, 2.05) is 6.07 Å².